The summed E-state index contributed by atoms with van der Waals surface area (Å²) in [5, 5.41) is 12.3. The van der Waals surface area contributed by atoms with Gasteiger partial charge in [-0.25, -0.2) is 4.68 Å². The van der Waals surface area contributed by atoms with Gasteiger partial charge in [0.25, 0.3) is 5.91 Å². The summed E-state index contributed by atoms with van der Waals surface area (Å²) < 4.78 is 18.2. The molecule has 1 aromatic heterocycles. The third kappa shape index (κ3) is 5.45. The molecule has 0 saturated carbocycles. The zero-order chi connectivity index (χ0) is 28.2. The maximum Gasteiger partial charge on any atom is 0.255 e. The Morgan fingerprint density at radius 1 is 1.00 bits per heavy atom. The molecule has 2 N–H and O–H groups in total. The number of hydrogen-bond donors (Lipinski definition) is 2. The minimum Gasteiger partial charge on any atom is -0.495 e. The van der Waals surface area contributed by atoms with Crippen molar-refractivity contribution in [3.63, 3.8) is 0 Å². The van der Waals surface area contributed by atoms with Crippen LogP contribution in [0.1, 0.15) is 24.1 Å². The highest BCUT2D eigenvalue weighted by Crippen LogP contribution is 2.40. The molecule has 40 heavy (non-hydrogen) atoms. The van der Waals surface area contributed by atoms with Crippen molar-refractivity contribution in [2.75, 3.05) is 32.0 Å². The molecule has 0 bridgehead atoms. The van der Waals surface area contributed by atoms with Crippen molar-refractivity contribution in [2.45, 2.75) is 23.9 Å². The van der Waals surface area contributed by atoms with Crippen LogP contribution in [0.5, 0.6) is 17.2 Å². The van der Waals surface area contributed by atoms with E-state index < -0.39 is 6.04 Å². The SMILES string of the molecule is COc1ccccc1NC(=O)C1=C(C)Nc2nc(SCc3ccccc3Cl)nn2C1c1ccc(OC)c(OC)c1. The average molecular weight is 578 g/mol. The molecule has 5 rings (SSSR count). The van der Waals surface area contributed by atoms with Crippen molar-refractivity contribution in [1.82, 2.24) is 14.8 Å². The number of anilines is 2. The smallest absolute Gasteiger partial charge is 0.255 e. The Morgan fingerprint density at radius 2 is 1.73 bits per heavy atom. The molecule has 0 spiro atoms. The quantitative estimate of drug-likeness (QED) is 0.228. The van der Waals surface area contributed by atoms with Crippen LogP contribution in [0.15, 0.2) is 83.2 Å². The Kier molecular flexibility index (Phi) is 8.18. The zero-order valence-electron chi connectivity index (χ0n) is 22.4. The largest absolute Gasteiger partial charge is 0.495 e. The molecule has 0 aliphatic carbocycles. The number of benzene rings is 3. The van der Waals surface area contributed by atoms with Gasteiger partial charge in [0.2, 0.25) is 11.1 Å². The lowest BCUT2D eigenvalue weighted by molar-refractivity contribution is -0.113. The van der Waals surface area contributed by atoms with Crippen LogP contribution in [0.3, 0.4) is 0 Å². The van der Waals surface area contributed by atoms with Gasteiger partial charge in [0.05, 0.1) is 32.6 Å². The van der Waals surface area contributed by atoms with Crippen LogP contribution in [0, 0.1) is 0 Å². The van der Waals surface area contributed by atoms with E-state index in [9.17, 15) is 4.79 Å². The fraction of sp³-hybridized carbons (Fsp3) is 0.207. The molecule has 1 atom stereocenters. The highest BCUT2D eigenvalue weighted by Gasteiger charge is 2.35. The van der Waals surface area contributed by atoms with Crippen molar-refractivity contribution in [3.05, 3.63) is 94.1 Å². The van der Waals surface area contributed by atoms with Gasteiger partial charge >= 0.3 is 0 Å². The standard InChI is InChI=1S/C29H28ClN5O4S/c1-17-25(27(36)32-21-11-7-8-12-22(21)37-2)26(18-13-14-23(38-3)24(15-18)39-4)35-28(31-17)33-29(34-35)40-16-19-9-5-6-10-20(19)30/h5-15,26H,16H2,1-4H3,(H,32,36)(H,31,33,34). The molecule has 1 aliphatic heterocycles. The summed E-state index contributed by atoms with van der Waals surface area (Å²) in [6.07, 6.45) is 0. The second-order valence-electron chi connectivity index (χ2n) is 8.88. The summed E-state index contributed by atoms with van der Waals surface area (Å²) in [5.74, 6) is 2.48. The number of thioether (sulfide) groups is 1. The summed E-state index contributed by atoms with van der Waals surface area (Å²) in [6.45, 7) is 1.85. The number of carbonyl (C=O) groups is 1. The van der Waals surface area contributed by atoms with E-state index in [4.69, 9.17) is 35.9 Å². The maximum absolute atomic E-state index is 13.9. The lowest BCUT2D eigenvalue weighted by Gasteiger charge is -2.29. The first-order valence-electron chi connectivity index (χ1n) is 12.4. The van der Waals surface area contributed by atoms with Gasteiger partial charge < -0.3 is 24.8 Å². The molecule has 0 radical (unpaired) electrons. The fourth-order valence-electron chi connectivity index (χ4n) is 4.51. The lowest BCUT2D eigenvalue weighted by atomic mass is 9.94. The second kappa shape index (κ2) is 11.9. The van der Waals surface area contributed by atoms with Crippen molar-refractivity contribution >= 4 is 40.9 Å². The first-order valence-corrected chi connectivity index (χ1v) is 13.8. The third-order valence-electron chi connectivity index (χ3n) is 6.47. The molecule has 9 nitrogen and oxygen atoms in total. The number of rotatable bonds is 9. The van der Waals surface area contributed by atoms with Gasteiger partial charge in [-0.15, -0.1) is 5.10 Å². The molecule has 206 valence electrons. The molecular formula is C29H28ClN5O4S. The number of nitrogens with one attached hydrogen (secondary N) is 2. The second-order valence-corrected chi connectivity index (χ2v) is 10.2. The van der Waals surface area contributed by atoms with Crippen molar-refractivity contribution in [2.24, 2.45) is 0 Å². The van der Waals surface area contributed by atoms with Crippen LogP contribution in [0.2, 0.25) is 5.02 Å². The Morgan fingerprint density at radius 3 is 2.48 bits per heavy atom. The van der Waals surface area contributed by atoms with E-state index in [0.717, 1.165) is 11.1 Å². The molecule has 1 unspecified atom stereocenters. The molecule has 0 saturated heterocycles. The topological polar surface area (TPSA) is 99.5 Å². The fourth-order valence-corrected chi connectivity index (χ4v) is 5.63. The number of hydrogen-bond acceptors (Lipinski definition) is 8. The van der Waals surface area contributed by atoms with Crippen molar-refractivity contribution in [3.8, 4) is 17.2 Å². The summed E-state index contributed by atoms with van der Waals surface area (Å²) in [4.78, 5) is 18.6. The van der Waals surface area contributed by atoms with Crippen LogP contribution in [0.4, 0.5) is 11.6 Å². The van der Waals surface area contributed by atoms with Gasteiger partial charge in [-0.2, -0.15) is 4.98 Å². The van der Waals surface area contributed by atoms with E-state index in [1.807, 2.05) is 61.5 Å². The maximum atomic E-state index is 13.9. The molecule has 11 heteroatoms. The Labute approximate surface area is 241 Å². The normalized spacial score (nSPS) is 14.3. The van der Waals surface area contributed by atoms with Gasteiger partial charge in [-0.1, -0.05) is 59.8 Å². The van der Waals surface area contributed by atoms with Crippen molar-refractivity contribution in [1.29, 1.82) is 0 Å². The number of methoxy groups -OCH3 is 3. The minimum atomic E-state index is -0.604. The minimum absolute atomic E-state index is 0.305. The zero-order valence-corrected chi connectivity index (χ0v) is 24.0. The van der Waals surface area contributed by atoms with E-state index in [0.29, 0.717) is 56.1 Å². The van der Waals surface area contributed by atoms with Gasteiger partial charge in [0.1, 0.15) is 11.8 Å². The number of carbonyl (C=O) groups excluding carboxylic acids is 1. The van der Waals surface area contributed by atoms with Gasteiger partial charge in [-0.3, -0.25) is 4.79 Å². The Bertz CT molecular complexity index is 1590. The summed E-state index contributed by atoms with van der Waals surface area (Å²) in [7, 11) is 4.72. The van der Waals surface area contributed by atoms with Crippen LogP contribution < -0.4 is 24.8 Å². The first-order chi connectivity index (χ1) is 19.4. The van der Waals surface area contributed by atoms with E-state index in [1.54, 1.807) is 38.1 Å². The lowest BCUT2D eigenvalue weighted by Crippen LogP contribution is -2.31. The Hall–Kier alpha value is -4.15. The molecule has 4 aromatic rings. The van der Waals surface area contributed by atoms with Crippen LogP contribution in [-0.2, 0) is 10.5 Å². The molecule has 0 fully saturated rings. The molecule has 1 aliphatic rings. The van der Waals surface area contributed by atoms with Crippen LogP contribution >= 0.6 is 23.4 Å². The van der Waals surface area contributed by atoms with Gasteiger partial charge in [0, 0.05) is 16.5 Å². The third-order valence-corrected chi connectivity index (χ3v) is 7.73. The van der Waals surface area contributed by atoms with E-state index in [-0.39, 0.29) is 5.91 Å². The molecule has 3 aromatic carbocycles. The highest BCUT2D eigenvalue weighted by atomic mass is 35.5. The summed E-state index contributed by atoms with van der Waals surface area (Å²) in [6, 6.07) is 19.9. The number of para-hydroxylation sites is 2. The van der Waals surface area contributed by atoms with E-state index >= 15 is 0 Å². The first kappa shape index (κ1) is 27.4. The molecular weight excluding hydrogens is 550 g/mol. The predicted molar refractivity (Wildman–Crippen MR) is 157 cm³/mol. The Balaban J connectivity index is 1.54. The van der Waals surface area contributed by atoms with E-state index in [1.165, 1.54) is 11.8 Å². The van der Waals surface area contributed by atoms with Crippen LogP contribution in [0.25, 0.3) is 0 Å². The van der Waals surface area contributed by atoms with E-state index in [2.05, 4.69) is 10.6 Å². The highest BCUT2D eigenvalue weighted by molar-refractivity contribution is 7.98. The van der Waals surface area contributed by atoms with Gasteiger partial charge in [0.15, 0.2) is 11.5 Å². The number of amides is 1. The monoisotopic (exact) mass is 577 g/mol. The van der Waals surface area contributed by atoms with Gasteiger partial charge in [-0.05, 0) is 48.4 Å². The van der Waals surface area contributed by atoms with Crippen LogP contribution in [-0.4, -0.2) is 42.0 Å². The summed E-state index contributed by atoms with van der Waals surface area (Å²) >= 11 is 7.82. The summed E-state index contributed by atoms with van der Waals surface area (Å²) in [5.41, 5.74) is 3.43. The number of ether oxygens (including phenoxy) is 3. The molecule has 2 heterocycles. The number of nitrogens with zero attached hydrogens (tertiary/aromatic N) is 3. The number of halogens is 1. The average Bonchev–Trinajstić information content (AvgIpc) is 3.38. The number of fused-ring (bicyclic) bond motifs is 1. The number of aromatic nitrogens is 3. The predicted octanol–water partition coefficient (Wildman–Crippen LogP) is 6.18. The van der Waals surface area contributed by atoms with Crippen molar-refractivity contribution < 1.29 is 19.0 Å². The molecule has 1 amide bonds. The number of allylic oxidation sites excluding steroid dienone is 1.